The van der Waals surface area contributed by atoms with Gasteiger partial charge < -0.3 is 35.0 Å². The molecule has 0 unspecified atom stereocenters. The van der Waals surface area contributed by atoms with Gasteiger partial charge in [0.1, 0.15) is 0 Å². The van der Waals surface area contributed by atoms with Gasteiger partial charge in [0.2, 0.25) is 11.9 Å². The first kappa shape index (κ1) is 23.5. The molecule has 5 heterocycles. The highest BCUT2D eigenvalue weighted by atomic mass is 16.5. The van der Waals surface area contributed by atoms with E-state index in [9.17, 15) is 9.90 Å². The van der Waals surface area contributed by atoms with Gasteiger partial charge in [-0.2, -0.15) is 15.0 Å². The molecule has 37 heavy (non-hydrogen) atoms. The molecule has 2 bridgehead atoms. The van der Waals surface area contributed by atoms with Crippen molar-refractivity contribution >= 4 is 29.3 Å². The van der Waals surface area contributed by atoms with Gasteiger partial charge in [0.25, 0.3) is 0 Å². The summed E-state index contributed by atoms with van der Waals surface area (Å²) in [5, 5.41) is 16.2. The van der Waals surface area contributed by atoms with Crippen LogP contribution < -0.4 is 20.4 Å². The molecule has 0 saturated carbocycles. The molecule has 2 amide bonds. The number of aromatic nitrogens is 4. The van der Waals surface area contributed by atoms with Crippen molar-refractivity contribution in [2.75, 3.05) is 60.0 Å². The first-order valence-corrected chi connectivity index (χ1v) is 12.4. The van der Waals surface area contributed by atoms with Gasteiger partial charge in [-0.15, -0.1) is 0 Å². The van der Waals surface area contributed by atoms with Gasteiger partial charge in [0.15, 0.2) is 5.82 Å². The molecule has 1 aromatic carbocycles. The van der Waals surface area contributed by atoms with Crippen molar-refractivity contribution in [2.45, 2.75) is 24.6 Å². The molecule has 3 saturated heterocycles. The van der Waals surface area contributed by atoms with Gasteiger partial charge in [-0.05, 0) is 42.8 Å². The lowest BCUT2D eigenvalue weighted by atomic mass is 10.2. The number of amides is 2. The van der Waals surface area contributed by atoms with Crippen LogP contribution in [0, 0.1) is 0 Å². The van der Waals surface area contributed by atoms with Crippen LogP contribution in [0.4, 0.5) is 28.1 Å². The Balaban J connectivity index is 1.26. The average Bonchev–Trinajstić information content (AvgIpc) is 3.12. The summed E-state index contributed by atoms with van der Waals surface area (Å²) in [6, 6.07) is 10.3. The van der Waals surface area contributed by atoms with E-state index in [4.69, 9.17) is 24.4 Å². The van der Waals surface area contributed by atoms with Gasteiger partial charge in [0.05, 0.1) is 44.6 Å². The Morgan fingerprint density at radius 1 is 0.892 bits per heavy atom. The van der Waals surface area contributed by atoms with Gasteiger partial charge in [-0.1, -0.05) is 0 Å². The number of hydrogen-bond donors (Lipinski definition) is 3. The van der Waals surface area contributed by atoms with E-state index in [1.807, 2.05) is 24.3 Å². The van der Waals surface area contributed by atoms with Crippen LogP contribution in [0.3, 0.4) is 0 Å². The largest absolute Gasteiger partial charge is 0.391 e. The topological polar surface area (TPSA) is 138 Å². The third kappa shape index (κ3) is 5.03. The van der Waals surface area contributed by atoms with Crippen molar-refractivity contribution in [3.05, 3.63) is 48.8 Å². The van der Waals surface area contributed by atoms with Crippen LogP contribution in [-0.4, -0.2) is 88.8 Å². The van der Waals surface area contributed by atoms with Gasteiger partial charge in [-0.25, -0.2) is 4.79 Å². The minimum absolute atomic E-state index is 0.0204. The Kier molecular flexibility index (Phi) is 6.51. The van der Waals surface area contributed by atoms with E-state index in [-0.39, 0.29) is 18.1 Å². The van der Waals surface area contributed by atoms with E-state index in [1.165, 1.54) is 0 Å². The number of fused-ring (bicyclic) bond motifs is 2. The smallest absolute Gasteiger partial charge is 0.323 e. The van der Waals surface area contributed by atoms with E-state index in [2.05, 4.69) is 25.4 Å². The molecule has 3 aromatic rings. The molecule has 3 N–H and O–H groups in total. The first-order chi connectivity index (χ1) is 18.1. The molecule has 2 aromatic heterocycles. The van der Waals surface area contributed by atoms with Crippen molar-refractivity contribution in [1.29, 1.82) is 0 Å². The number of benzene rings is 1. The Bertz CT molecular complexity index is 1240. The maximum atomic E-state index is 12.3. The maximum Gasteiger partial charge on any atom is 0.323 e. The van der Waals surface area contributed by atoms with Gasteiger partial charge in [-0.3, -0.25) is 4.98 Å². The Hall–Kier alpha value is -3.87. The zero-order chi connectivity index (χ0) is 25.2. The number of aliphatic hydroxyl groups excluding tert-OH is 1. The summed E-state index contributed by atoms with van der Waals surface area (Å²) in [4.78, 5) is 34.9. The van der Waals surface area contributed by atoms with Crippen LogP contribution in [0.1, 0.15) is 6.42 Å². The summed E-state index contributed by atoms with van der Waals surface area (Å²) in [6.07, 6.45) is 3.37. The third-order valence-electron chi connectivity index (χ3n) is 6.78. The number of carbonyl (C=O) groups excluding carboxylic acids is 1. The highest BCUT2D eigenvalue weighted by Gasteiger charge is 2.45. The van der Waals surface area contributed by atoms with E-state index >= 15 is 0 Å². The average molecular weight is 505 g/mol. The second-order valence-corrected chi connectivity index (χ2v) is 9.22. The number of ether oxygens (including phenoxy) is 2. The normalized spacial score (nSPS) is 23.1. The van der Waals surface area contributed by atoms with Crippen molar-refractivity contribution in [2.24, 2.45) is 0 Å². The van der Waals surface area contributed by atoms with E-state index in [0.717, 1.165) is 5.56 Å². The Morgan fingerprint density at radius 3 is 2.32 bits per heavy atom. The number of morpholine rings is 2. The number of urea groups is 1. The molecular weight excluding hydrogens is 476 g/mol. The molecule has 3 aliphatic rings. The van der Waals surface area contributed by atoms with Crippen LogP contribution >= 0.6 is 0 Å². The SMILES string of the molecule is O=C(Nc1ccncc1)Nc1ccc(-c2nc(N3CCOCC3)nc(N3[C@H]4COC[C@H]3[C@@H](O)C4)n2)cc1. The predicted octanol–water partition coefficient (Wildman–Crippen LogP) is 1.75. The fraction of sp³-hybridized carbons (Fsp3) is 0.400. The second-order valence-electron chi connectivity index (χ2n) is 9.22. The molecule has 12 heteroatoms. The Morgan fingerprint density at radius 2 is 1.59 bits per heavy atom. The summed E-state index contributed by atoms with van der Waals surface area (Å²) in [6.45, 7) is 3.57. The van der Waals surface area contributed by atoms with Crippen LogP contribution in [0.25, 0.3) is 11.4 Å². The van der Waals surface area contributed by atoms with Crippen molar-refractivity contribution in [3.63, 3.8) is 0 Å². The number of hydrogen-bond acceptors (Lipinski definition) is 10. The van der Waals surface area contributed by atoms with E-state index in [1.54, 1.807) is 24.5 Å². The molecule has 0 spiro atoms. The van der Waals surface area contributed by atoms with E-state index < -0.39 is 6.10 Å². The highest BCUT2D eigenvalue weighted by molar-refractivity contribution is 5.99. The molecule has 0 aliphatic carbocycles. The number of nitrogens with one attached hydrogen (secondary N) is 2. The summed E-state index contributed by atoms with van der Waals surface area (Å²) in [5.74, 6) is 1.66. The maximum absolute atomic E-state index is 12.3. The lowest BCUT2D eigenvalue weighted by molar-refractivity contribution is 0.0694. The molecule has 3 atom stereocenters. The lowest BCUT2D eigenvalue weighted by Crippen LogP contribution is -2.49. The second kappa shape index (κ2) is 10.2. The number of aliphatic hydroxyl groups is 1. The number of rotatable bonds is 5. The monoisotopic (exact) mass is 504 g/mol. The molecule has 192 valence electrons. The molecular formula is C25H28N8O4. The van der Waals surface area contributed by atoms with Crippen LogP contribution in [0.15, 0.2) is 48.8 Å². The summed E-state index contributed by atoms with van der Waals surface area (Å²) >= 11 is 0. The van der Waals surface area contributed by atoms with Crippen molar-refractivity contribution in [3.8, 4) is 11.4 Å². The summed E-state index contributed by atoms with van der Waals surface area (Å²) < 4.78 is 11.2. The minimum Gasteiger partial charge on any atom is -0.391 e. The van der Waals surface area contributed by atoms with Crippen LogP contribution in [0.2, 0.25) is 0 Å². The molecule has 0 radical (unpaired) electrons. The molecule has 3 fully saturated rings. The zero-order valence-corrected chi connectivity index (χ0v) is 20.2. The summed E-state index contributed by atoms with van der Waals surface area (Å²) in [7, 11) is 0. The number of nitrogens with zero attached hydrogens (tertiary/aromatic N) is 6. The van der Waals surface area contributed by atoms with Crippen molar-refractivity contribution in [1.82, 2.24) is 19.9 Å². The number of pyridine rings is 1. The number of carbonyl (C=O) groups is 1. The van der Waals surface area contributed by atoms with Crippen molar-refractivity contribution < 1.29 is 19.4 Å². The first-order valence-electron chi connectivity index (χ1n) is 12.4. The fourth-order valence-electron chi connectivity index (χ4n) is 4.92. The quantitative estimate of drug-likeness (QED) is 0.471. The third-order valence-corrected chi connectivity index (χ3v) is 6.78. The van der Waals surface area contributed by atoms with Crippen LogP contribution in [-0.2, 0) is 9.47 Å². The zero-order valence-electron chi connectivity index (χ0n) is 20.2. The Labute approximate surface area is 213 Å². The van der Waals surface area contributed by atoms with Crippen LogP contribution in [0.5, 0.6) is 0 Å². The molecule has 6 rings (SSSR count). The van der Waals surface area contributed by atoms with Gasteiger partial charge >= 0.3 is 6.03 Å². The molecule has 3 aliphatic heterocycles. The molecule has 12 nitrogen and oxygen atoms in total. The predicted molar refractivity (Wildman–Crippen MR) is 137 cm³/mol. The standard InChI is InChI=1S/C25H28N8O4/c34-21-13-19-14-37-15-20(21)33(19)24-30-22(29-23(31-24)32-9-11-36-12-10-32)16-1-3-17(4-2-16)27-25(35)28-18-5-7-26-8-6-18/h1-8,19-21,34H,9-15H2,(H2,26,27,28,35)/t19-,20+,21+/m1/s1. The lowest BCUT2D eigenvalue weighted by Gasteiger charge is -2.35. The summed E-state index contributed by atoms with van der Waals surface area (Å²) in [5.41, 5.74) is 2.08. The fourth-order valence-corrected chi connectivity index (χ4v) is 4.92. The van der Waals surface area contributed by atoms with Gasteiger partial charge in [0, 0.05) is 42.4 Å². The number of anilines is 4. The minimum atomic E-state index is -0.483. The van der Waals surface area contributed by atoms with E-state index in [0.29, 0.717) is 75.0 Å². The highest BCUT2D eigenvalue weighted by Crippen LogP contribution is 2.34.